The van der Waals surface area contributed by atoms with Gasteiger partial charge in [-0.2, -0.15) is 13.2 Å². The number of aliphatic carboxylic acids is 1. The van der Waals surface area contributed by atoms with E-state index in [1.807, 2.05) is 37.3 Å². The number of piperidine rings is 1. The number of carboxylic acid groups (broad SMARTS) is 1. The van der Waals surface area contributed by atoms with Gasteiger partial charge in [0.05, 0.1) is 4.90 Å². The number of carbonyl (C=O) groups is 1. The third-order valence-electron chi connectivity index (χ3n) is 6.68. The molecular formula is C29H35F3N4O4S. The predicted molar refractivity (Wildman–Crippen MR) is 151 cm³/mol. The van der Waals surface area contributed by atoms with Gasteiger partial charge in [-0.3, -0.25) is 4.98 Å². The number of rotatable bonds is 9. The van der Waals surface area contributed by atoms with Crippen LogP contribution in [0.4, 0.5) is 13.2 Å². The Bertz CT molecular complexity index is 1390. The van der Waals surface area contributed by atoms with Crippen molar-refractivity contribution in [2.75, 3.05) is 26.7 Å². The molecule has 8 nitrogen and oxygen atoms in total. The summed E-state index contributed by atoms with van der Waals surface area (Å²) in [5.74, 6) is -2.76. The van der Waals surface area contributed by atoms with Crippen molar-refractivity contribution >= 4 is 16.0 Å². The molecule has 1 aliphatic heterocycles. The van der Waals surface area contributed by atoms with Gasteiger partial charge in [0.25, 0.3) is 0 Å². The number of nitrogens with zero attached hydrogens (tertiary/aromatic N) is 2. The summed E-state index contributed by atoms with van der Waals surface area (Å²) in [6.07, 6.45) is -0.454. The summed E-state index contributed by atoms with van der Waals surface area (Å²) in [6.45, 7) is 5.29. The predicted octanol–water partition coefficient (Wildman–Crippen LogP) is 4.40. The molecule has 3 N–H and O–H groups in total. The standard InChI is InChI=1S/C27H34N4O2S.C2HF3O2/c1-21-18-24(9-10-27(21)34(32,33)30-15-11-25-8-3-4-14-28-25)23-7-5-6-22(19-23)20-29-26-12-16-31(2)17-13-26;3-2(4,5)1(6)7/h3-10,14,18-19,26,29-30H,11-13,15-17,20H2,1-2H3;(H,6,7). The third-order valence-corrected chi connectivity index (χ3v) is 8.30. The molecular weight excluding hydrogens is 557 g/mol. The van der Waals surface area contributed by atoms with Crippen molar-refractivity contribution in [1.29, 1.82) is 0 Å². The minimum Gasteiger partial charge on any atom is -0.475 e. The van der Waals surface area contributed by atoms with Crippen molar-refractivity contribution in [2.24, 2.45) is 0 Å². The maximum absolute atomic E-state index is 12.9. The van der Waals surface area contributed by atoms with E-state index in [0.29, 0.717) is 23.9 Å². The minimum absolute atomic E-state index is 0.312. The zero-order valence-electron chi connectivity index (χ0n) is 23.0. The molecule has 0 bridgehead atoms. The lowest BCUT2D eigenvalue weighted by atomic mass is 10.0. The first-order valence-electron chi connectivity index (χ1n) is 13.2. The summed E-state index contributed by atoms with van der Waals surface area (Å²) >= 11 is 0. The Labute approximate surface area is 238 Å². The number of halogens is 3. The highest BCUT2D eigenvalue weighted by molar-refractivity contribution is 7.89. The second-order valence-electron chi connectivity index (χ2n) is 9.91. The smallest absolute Gasteiger partial charge is 0.475 e. The molecule has 3 aromatic rings. The maximum Gasteiger partial charge on any atom is 0.490 e. The molecule has 0 spiro atoms. The van der Waals surface area contributed by atoms with E-state index in [0.717, 1.165) is 42.0 Å². The number of likely N-dealkylation sites (tertiary alicyclic amines) is 1. The highest BCUT2D eigenvalue weighted by Gasteiger charge is 2.38. The van der Waals surface area contributed by atoms with E-state index in [1.54, 1.807) is 12.3 Å². The monoisotopic (exact) mass is 592 g/mol. The highest BCUT2D eigenvalue weighted by Crippen LogP contribution is 2.25. The average Bonchev–Trinajstić information content (AvgIpc) is 2.93. The molecule has 1 aliphatic rings. The first-order chi connectivity index (χ1) is 19.3. The van der Waals surface area contributed by atoms with Gasteiger partial charge in [-0.05, 0) is 86.4 Å². The molecule has 0 amide bonds. The fraction of sp³-hybridized carbons (Fsp3) is 0.379. The van der Waals surface area contributed by atoms with Crippen molar-refractivity contribution < 1.29 is 31.5 Å². The van der Waals surface area contributed by atoms with E-state index in [4.69, 9.17) is 9.90 Å². The van der Waals surface area contributed by atoms with Crippen LogP contribution < -0.4 is 10.0 Å². The number of aryl methyl sites for hydroxylation is 1. The van der Waals surface area contributed by atoms with Crippen LogP contribution in [0.15, 0.2) is 71.8 Å². The zero-order chi connectivity index (χ0) is 30.0. The minimum atomic E-state index is -5.08. The van der Waals surface area contributed by atoms with Gasteiger partial charge in [0.1, 0.15) is 0 Å². The molecule has 12 heteroatoms. The molecule has 0 aliphatic carbocycles. The van der Waals surface area contributed by atoms with Crippen molar-refractivity contribution in [3.05, 3.63) is 83.7 Å². The van der Waals surface area contributed by atoms with Gasteiger partial charge in [0.15, 0.2) is 0 Å². The fourth-order valence-corrected chi connectivity index (χ4v) is 5.66. The Balaban J connectivity index is 0.000000587. The van der Waals surface area contributed by atoms with E-state index < -0.39 is 22.2 Å². The Hall–Kier alpha value is -3.32. The molecule has 1 aromatic heterocycles. The number of carboxylic acids is 1. The van der Waals surface area contributed by atoms with Gasteiger partial charge in [-0.25, -0.2) is 17.9 Å². The number of nitrogens with one attached hydrogen (secondary N) is 2. The first-order valence-corrected chi connectivity index (χ1v) is 14.6. The van der Waals surface area contributed by atoms with E-state index in [2.05, 4.69) is 51.2 Å². The van der Waals surface area contributed by atoms with Gasteiger partial charge >= 0.3 is 12.1 Å². The molecule has 1 fully saturated rings. The van der Waals surface area contributed by atoms with Crippen LogP contribution in [0.5, 0.6) is 0 Å². The number of hydrogen-bond acceptors (Lipinski definition) is 6. The fourth-order valence-electron chi connectivity index (χ4n) is 4.40. The van der Waals surface area contributed by atoms with Crippen LogP contribution in [-0.2, 0) is 27.8 Å². The van der Waals surface area contributed by atoms with Gasteiger partial charge in [0.2, 0.25) is 10.0 Å². The Morgan fingerprint density at radius 3 is 2.34 bits per heavy atom. The SMILES string of the molecule is Cc1cc(-c2cccc(CNC3CCN(C)CC3)c2)ccc1S(=O)(=O)NCCc1ccccn1.O=C(O)C(F)(F)F. The molecule has 0 saturated carbocycles. The summed E-state index contributed by atoms with van der Waals surface area (Å²) in [6, 6.07) is 20.2. The molecule has 2 heterocycles. The second kappa shape index (κ2) is 14.5. The number of hydrogen-bond donors (Lipinski definition) is 3. The number of benzene rings is 2. The quantitative estimate of drug-likeness (QED) is 0.338. The van der Waals surface area contributed by atoms with E-state index in [9.17, 15) is 21.6 Å². The normalized spacial score (nSPS) is 14.8. The molecule has 4 rings (SSSR count). The molecule has 0 radical (unpaired) electrons. The number of alkyl halides is 3. The molecule has 222 valence electrons. The number of pyridine rings is 1. The van der Waals surface area contributed by atoms with Crippen LogP contribution in [0.25, 0.3) is 11.1 Å². The maximum atomic E-state index is 12.9. The Kier molecular flexibility index (Phi) is 11.4. The molecule has 0 unspecified atom stereocenters. The van der Waals surface area contributed by atoms with Crippen LogP contribution >= 0.6 is 0 Å². The van der Waals surface area contributed by atoms with E-state index in [-0.39, 0.29) is 0 Å². The molecule has 41 heavy (non-hydrogen) atoms. The van der Waals surface area contributed by atoms with Crippen molar-refractivity contribution in [3.63, 3.8) is 0 Å². The van der Waals surface area contributed by atoms with Gasteiger partial charge in [-0.1, -0.05) is 36.4 Å². The lowest BCUT2D eigenvalue weighted by molar-refractivity contribution is -0.192. The lowest BCUT2D eigenvalue weighted by Gasteiger charge is -2.29. The topological polar surface area (TPSA) is 112 Å². The number of aromatic nitrogens is 1. The number of sulfonamides is 1. The van der Waals surface area contributed by atoms with E-state index >= 15 is 0 Å². The van der Waals surface area contributed by atoms with Crippen molar-refractivity contribution in [3.8, 4) is 11.1 Å². The van der Waals surface area contributed by atoms with E-state index in [1.165, 1.54) is 18.4 Å². The lowest BCUT2D eigenvalue weighted by Crippen LogP contribution is -2.40. The largest absolute Gasteiger partial charge is 0.490 e. The van der Waals surface area contributed by atoms with Crippen LogP contribution in [0.1, 0.15) is 29.7 Å². The van der Waals surface area contributed by atoms with Crippen molar-refractivity contribution in [2.45, 2.75) is 49.8 Å². The van der Waals surface area contributed by atoms with Crippen LogP contribution in [0, 0.1) is 6.92 Å². The van der Waals surface area contributed by atoms with Crippen LogP contribution in [-0.4, -0.2) is 68.3 Å². The molecule has 1 saturated heterocycles. The Morgan fingerprint density at radius 2 is 1.73 bits per heavy atom. The average molecular weight is 593 g/mol. The first kappa shape index (κ1) is 32.2. The van der Waals surface area contributed by atoms with Gasteiger partial charge in [-0.15, -0.1) is 0 Å². The van der Waals surface area contributed by atoms with Crippen LogP contribution in [0.2, 0.25) is 0 Å². The summed E-state index contributed by atoms with van der Waals surface area (Å²) in [5, 5.41) is 10.8. The zero-order valence-corrected chi connectivity index (χ0v) is 23.8. The van der Waals surface area contributed by atoms with Gasteiger partial charge < -0.3 is 15.3 Å². The summed E-state index contributed by atoms with van der Waals surface area (Å²) in [5.41, 5.74) is 4.95. The molecule has 0 atom stereocenters. The Morgan fingerprint density at radius 1 is 1.05 bits per heavy atom. The highest BCUT2D eigenvalue weighted by atomic mass is 32.2. The third kappa shape index (κ3) is 10.2. The second-order valence-corrected chi connectivity index (χ2v) is 11.6. The summed E-state index contributed by atoms with van der Waals surface area (Å²) in [4.78, 5) is 15.8. The summed E-state index contributed by atoms with van der Waals surface area (Å²) in [7, 11) is -1.41. The van der Waals surface area contributed by atoms with Crippen molar-refractivity contribution in [1.82, 2.24) is 19.9 Å². The molecule has 2 aromatic carbocycles. The van der Waals surface area contributed by atoms with Gasteiger partial charge in [0, 0.05) is 37.4 Å². The summed E-state index contributed by atoms with van der Waals surface area (Å²) < 4.78 is 60.2. The van der Waals surface area contributed by atoms with Crippen LogP contribution in [0.3, 0.4) is 0 Å².